The normalized spacial score (nSPS) is 26.6. The van der Waals surface area contributed by atoms with Crippen molar-refractivity contribution in [1.82, 2.24) is 0 Å². The lowest BCUT2D eigenvalue weighted by atomic mass is 9.76. The van der Waals surface area contributed by atoms with Crippen molar-refractivity contribution in [2.45, 2.75) is 38.7 Å². The minimum Gasteiger partial charge on any atom is -0.497 e. The molecule has 0 spiro atoms. The van der Waals surface area contributed by atoms with E-state index in [1.54, 1.807) is 14.2 Å². The molecule has 3 unspecified atom stereocenters. The molecule has 1 aliphatic rings. The third-order valence-electron chi connectivity index (χ3n) is 5.04. The summed E-state index contributed by atoms with van der Waals surface area (Å²) in [6.45, 7) is 2.71. The monoisotopic (exact) mass is 293 g/mol. The Hall–Kier alpha value is -1.26. The predicted octanol–water partition coefficient (Wildman–Crippen LogP) is 2.89. The number of hydrogen-bond donors (Lipinski definition) is 2. The predicted molar refractivity (Wildman–Crippen MR) is 83.6 cm³/mol. The lowest BCUT2D eigenvalue weighted by molar-refractivity contribution is 0.0283. The summed E-state index contributed by atoms with van der Waals surface area (Å²) in [5.74, 6) is 2.05. The first kappa shape index (κ1) is 16.1. The maximum Gasteiger partial charge on any atom is 0.128 e. The van der Waals surface area contributed by atoms with Crippen molar-refractivity contribution >= 4 is 0 Å². The van der Waals surface area contributed by atoms with Crippen LogP contribution in [0.3, 0.4) is 0 Å². The van der Waals surface area contributed by atoms with Crippen molar-refractivity contribution in [1.29, 1.82) is 0 Å². The fourth-order valence-corrected chi connectivity index (χ4v) is 3.54. The number of hydrogen-bond acceptors (Lipinski definition) is 4. The van der Waals surface area contributed by atoms with E-state index in [0.29, 0.717) is 18.2 Å². The number of nitrogens with two attached hydrogens (primary N) is 1. The van der Waals surface area contributed by atoms with E-state index in [4.69, 9.17) is 15.2 Å². The highest BCUT2D eigenvalue weighted by molar-refractivity contribution is 5.42. The molecule has 4 nitrogen and oxygen atoms in total. The van der Waals surface area contributed by atoms with Crippen LogP contribution in [0.2, 0.25) is 0 Å². The molecule has 0 radical (unpaired) electrons. The molecular weight excluding hydrogens is 266 g/mol. The van der Waals surface area contributed by atoms with Crippen LogP contribution in [-0.4, -0.2) is 25.9 Å². The fraction of sp³-hybridized carbons (Fsp3) is 0.647. The smallest absolute Gasteiger partial charge is 0.128 e. The molecule has 2 rings (SSSR count). The van der Waals surface area contributed by atoms with Gasteiger partial charge in [-0.15, -0.1) is 0 Å². The second-order valence-electron chi connectivity index (χ2n) is 6.09. The summed E-state index contributed by atoms with van der Waals surface area (Å²) < 4.78 is 10.6. The molecule has 0 saturated heterocycles. The molecule has 1 aromatic carbocycles. The summed E-state index contributed by atoms with van der Waals surface area (Å²) in [7, 11) is 3.23. The average molecular weight is 293 g/mol. The van der Waals surface area contributed by atoms with Gasteiger partial charge in [0.1, 0.15) is 11.5 Å². The van der Waals surface area contributed by atoms with Crippen LogP contribution >= 0.6 is 0 Å². The molecule has 0 amide bonds. The summed E-state index contributed by atoms with van der Waals surface area (Å²) in [6.07, 6.45) is 3.64. The minimum atomic E-state index is -0.597. The summed E-state index contributed by atoms with van der Waals surface area (Å²) in [5, 5.41) is 11.0. The number of methoxy groups -OCH3 is 2. The van der Waals surface area contributed by atoms with E-state index < -0.39 is 6.10 Å². The van der Waals surface area contributed by atoms with E-state index in [-0.39, 0.29) is 5.41 Å². The molecule has 1 saturated carbocycles. The van der Waals surface area contributed by atoms with E-state index in [1.807, 2.05) is 18.2 Å². The molecule has 118 valence electrons. The Bertz CT molecular complexity index is 477. The highest BCUT2D eigenvalue weighted by atomic mass is 16.5. The Balaban J connectivity index is 2.32. The van der Waals surface area contributed by atoms with Crippen molar-refractivity contribution in [3.05, 3.63) is 23.8 Å². The number of aliphatic hydroxyl groups excluding tert-OH is 1. The first-order chi connectivity index (χ1) is 10.1. The van der Waals surface area contributed by atoms with E-state index in [2.05, 4.69) is 6.92 Å². The molecular formula is C17H27NO3. The second-order valence-corrected chi connectivity index (χ2v) is 6.09. The summed E-state index contributed by atoms with van der Waals surface area (Å²) in [5.41, 5.74) is 6.62. The van der Waals surface area contributed by atoms with E-state index >= 15 is 0 Å². The van der Waals surface area contributed by atoms with Crippen molar-refractivity contribution < 1.29 is 14.6 Å². The van der Waals surface area contributed by atoms with Crippen LogP contribution in [0, 0.1) is 11.3 Å². The summed E-state index contributed by atoms with van der Waals surface area (Å²) in [4.78, 5) is 0. The number of aliphatic hydroxyl groups is 1. The van der Waals surface area contributed by atoms with Gasteiger partial charge in [0, 0.05) is 23.6 Å². The molecule has 3 N–H and O–H groups in total. The molecule has 0 aliphatic heterocycles. The average Bonchev–Trinajstić information content (AvgIpc) is 2.98. The van der Waals surface area contributed by atoms with Crippen LogP contribution in [0.1, 0.15) is 44.3 Å². The molecule has 1 aromatic rings. The lowest BCUT2D eigenvalue weighted by Gasteiger charge is -2.34. The van der Waals surface area contributed by atoms with Gasteiger partial charge in [-0.2, -0.15) is 0 Å². The van der Waals surface area contributed by atoms with Gasteiger partial charge in [-0.3, -0.25) is 0 Å². The summed E-state index contributed by atoms with van der Waals surface area (Å²) in [6, 6.07) is 5.56. The zero-order chi connectivity index (χ0) is 15.5. The standard InChI is InChI=1S/C17H27NO3/c1-4-12-7-8-17(10-12,11-18)16(19)14-6-5-13(20-2)9-15(14)21-3/h5-6,9,12,16,19H,4,7-8,10-11,18H2,1-3H3. The SMILES string of the molecule is CCC1CCC(CN)(C(O)c2ccc(OC)cc2OC)C1. The first-order valence-corrected chi connectivity index (χ1v) is 7.70. The van der Waals surface area contributed by atoms with E-state index in [1.165, 1.54) is 0 Å². The van der Waals surface area contributed by atoms with Crippen LogP contribution in [0.4, 0.5) is 0 Å². The highest BCUT2D eigenvalue weighted by Gasteiger charge is 2.44. The molecule has 1 aliphatic carbocycles. The van der Waals surface area contributed by atoms with Crippen LogP contribution in [-0.2, 0) is 0 Å². The van der Waals surface area contributed by atoms with Crippen LogP contribution in [0.15, 0.2) is 18.2 Å². The van der Waals surface area contributed by atoms with E-state index in [0.717, 1.165) is 37.0 Å². The van der Waals surface area contributed by atoms with Crippen molar-refractivity contribution in [3.8, 4) is 11.5 Å². The molecule has 0 bridgehead atoms. The van der Waals surface area contributed by atoms with E-state index in [9.17, 15) is 5.11 Å². The Morgan fingerprint density at radius 1 is 1.38 bits per heavy atom. The quantitative estimate of drug-likeness (QED) is 0.846. The third kappa shape index (κ3) is 3.01. The van der Waals surface area contributed by atoms with Gasteiger partial charge in [0.25, 0.3) is 0 Å². The van der Waals surface area contributed by atoms with Crippen LogP contribution in [0.5, 0.6) is 11.5 Å². The molecule has 4 heteroatoms. The van der Waals surface area contributed by atoms with Gasteiger partial charge in [0.15, 0.2) is 0 Å². The lowest BCUT2D eigenvalue weighted by Crippen LogP contribution is -2.34. The van der Waals surface area contributed by atoms with Crippen molar-refractivity contribution in [2.24, 2.45) is 17.1 Å². The Morgan fingerprint density at radius 2 is 2.14 bits per heavy atom. The van der Waals surface area contributed by atoms with Gasteiger partial charge in [-0.25, -0.2) is 0 Å². The number of benzene rings is 1. The van der Waals surface area contributed by atoms with Gasteiger partial charge in [0.05, 0.1) is 20.3 Å². The Morgan fingerprint density at radius 3 is 2.67 bits per heavy atom. The number of rotatable bonds is 6. The Kier molecular flexibility index (Phi) is 5.12. The summed E-state index contributed by atoms with van der Waals surface area (Å²) >= 11 is 0. The van der Waals surface area contributed by atoms with Gasteiger partial charge in [-0.1, -0.05) is 13.3 Å². The van der Waals surface area contributed by atoms with Gasteiger partial charge in [0.2, 0.25) is 0 Å². The Labute approximate surface area is 127 Å². The molecule has 21 heavy (non-hydrogen) atoms. The zero-order valence-electron chi connectivity index (χ0n) is 13.3. The maximum absolute atomic E-state index is 11.0. The number of ether oxygens (including phenoxy) is 2. The fourth-order valence-electron chi connectivity index (χ4n) is 3.54. The molecule has 1 fully saturated rings. The first-order valence-electron chi connectivity index (χ1n) is 7.70. The zero-order valence-corrected chi connectivity index (χ0v) is 13.3. The topological polar surface area (TPSA) is 64.7 Å². The largest absolute Gasteiger partial charge is 0.497 e. The molecule has 3 atom stereocenters. The van der Waals surface area contributed by atoms with Crippen LogP contribution in [0.25, 0.3) is 0 Å². The molecule has 0 heterocycles. The second kappa shape index (κ2) is 6.67. The van der Waals surface area contributed by atoms with Gasteiger partial charge < -0.3 is 20.3 Å². The van der Waals surface area contributed by atoms with Crippen molar-refractivity contribution in [2.75, 3.05) is 20.8 Å². The van der Waals surface area contributed by atoms with Crippen LogP contribution < -0.4 is 15.2 Å². The van der Waals surface area contributed by atoms with Gasteiger partial charge >= 0.3 is 0 Å². The maximum atomic E-state index is 11.0. The minimum absolute atomic E-state index is 0.234. The molecule has 0 aromatic heterocycles. The van der Waals surface area contributed by atoms with Gasteiger partial charge in [-0.05, 0) is 37.3 Å². The van der Waals surface area contributed by atoms with Crippen molar-refractivity contribution in [3.63, 3.8) is 0 Å². The highest BCUT2D eigenvalue weighted by Crippen LogP contribution is 2.51. The third-order valence-corrected chi connectivity index (χ3v) is 5.04.